The molecule has 0 rings (SSSR count). The molecule has 0 fully saturated rings. The van der Waals surface area contributed by atoms with Crippen LogP contribution in [0.5, 0.6) is 0 Å². The van der Waals surface area contributed by atoms with Crippen LogP contribution < -0.4 is 11.5 Å². The third-order valence-corrected chi connectivity index (χ3v) is 4.58. The molecular weight excluding hydrogens is 310 g/mol. The van der Waals surface area contributed by atoms with Crippen LogP contribution in [0.15, 0.2) is 0 Å². The van der Waals surface area contributed by atoms with E-state index >= 15 is 0 Å². The van der Waals surface area contributed by atoms with Gasteiger partial charge < -0.3 is 26.1 Å². The van der Waals surface area contributed by atoms with Crippen LogP contribution in [0, 0.1) is 0 Å². The second kappa shape index (κ2) is 8.58. The van der Waals surface area contributed by atoms with Crippen molar-refractivity contribution < 1.29 is 32.6 Å². The zero-order valence-corrected chi connectivity index (χ0v) is 13.4. The van der Waals surface area contributed by atoms with Crippen molar-refractivity contribution in [2.45, 2.75) is 57.7 Å². The maximum atomic E-state index is 11.5. The number of phosphoric acid groups is 2. The van der Waals surface area contributed by atoms with E-state index in [1.165, 1.54) is 0 Å². The molecule has 0 amide bonds. The van der Waals surface area contributed by atoms with Crippen LogP contribution in [0.3, 0.4) is 0 Å². The third kappa shape index (κ3) is 10.9. The summed E-state index contributed by atoms with van der Waals surface area (Å²) < 4.78 is 30.6. The molecular formula is C9H24N2O7P2. The molecule has 20 heavy (non-hydrogen) atoms. The molecule has 0 spiro atoms. The molecule has 7 N–H and O–H groups in total. The molecule has 0 aromatic rings. The molecule has 0 radical (unpaired) electrons. The number of nitrogens with two attached hydrogens (primary N) is 2. The number of phosphoric ester groups is 1. The number of hydrogen-bond donors (Lipinski definition) is 5. The van der Waals surface area contributed by atoms with Crippen molar-refractivity contribution in [3.05, 3.63) is 0 Å². The molecule has 0 aliphatic carbocycles. The van der Waals surface area contributed by atoms with Gasteiger partial charge in [0.1, 0.15) is 0 Å². The van der Waals surface area contributed by atoms with Crippen LogP contribution in [-0.2, 0) is 18.0 Å². The van der Waals surface area contributed by atoms with Crippen molar-refractivity contribution in [3.8, 4) is 0 Å². The maximum Gasteiger partial charge on any atom is 0.481 e. The molecule has 4 atom stereocenters. The monoisotopic (exact) mass is 334 g/mol. The lowest BCUT2D eigenvalue weighted by atomic mass is 10.0. The highest BCUT2D eigenvalue weighted by Gasteiger charge is 2.35. The normalized spacial score (nSPS) is 20.1. The Kier molecular flexibility index (Phi) is 8.66. The summed E-state index contributed by atoms with van der Waals surface area (Å²) in [6.45, 7) is 3.61. The fourth-order valence-corrected chi connectivity index (χ4v) is 3.59. The summed E-state index contributed by atoms with van der Waals surface area (Å²) in [5, 5.41) is 0. The minimum absolute atomic E-state index is 0.125. The Morgan fingerprint density at radius 1 is 1.15 bits per heavy atom. The average Bonchev–Trinajstić information content (AvgIpc) is 2.10. The lowest BCUT2D eigenvalue weighted by Gasteiger charge is -2.23. The van der Waals surface area contributed by atoms with E-state index in [0.717, 1.165) is 0 Å². The second-order valence-corrected chi connectivity index (χ2v) is 7.55. The zero-order chi connectivity index (χ0) is 16.0. The van der Waals surface area contributed by atoms with Crippen LogP contribution in [0.1, 0.15) is 39.5 Å². The Labute approximate surface area is 118 Å². The van der Waals surface area contributed by atoms with Crippen molar-refractivity contribution in [2.24, 2.45) is 11.5 Å². The van der Waals surface area contributed by atoms with Crippen LogP contribution in [0.2, 0.25) is 0 Å². The Balaban J connectivity index is 4.60. The first-order chi connectivity index (χ1) is 8.95. The van der Waals surface area contributed by atoms with Crippen molar-refractivity contribution in [1.82, 2.24) is 0 Å². The Hall–Kier alpha value is 0.180. The van der Waals surface area contributed by atoms with E-state index in [2.05, 4.69) is 4.31 Å². The summed E-state index contributed by atoms with van der Waals surface area (Å²) in [6, 6.07) is -0.471. The molecule has 0 aromatic heterocycles. The average molecular weight is 334 g/mol. The zero-order valence-electron chi connectivity index (χ0n) is 11.6. The first kappa shape index (κ1) is 20.2. The predicted molar refractivity (Wildman–Crippen MR) is 73.6 cm³/mol. The van der Waals surface area contributed by atoms with Gasteiger partial charge in [-0.05, 0) is 26.2 Å². The molecule has 0 aliphatic rings. The van der Waals surface area contributed by atoms with Gasteiger partial charge in [-0.1, -0.05) is 13.3 Å². The molecule has 9 nitrogen and oxygen atoms in total. The highest BCUT2D eigenvalue weighted by Crippen LogP contribution is 2.58. The molecule has 0 saturated heterocycles. The van der Waals surface area contributed by atoms with Gasteiger partial charge in [0.25, 0.3) is 0 Å². The van der Waals surface area contributed by atoms with Gasteiger partial charge in [-0.25, -0.2) is 9.13 Å². The van der Waals surface area contributed by atoms with E-state index in [4.69, 9.17) is 25.8 Å². The highest BCUT2D eigenvalue weighted by molar-refractivity contribution is 7.60. The fraction of sp³-hybridized carbons (Fsp3) is 1.00. The smallest absolute Gasteiger partial charge is 0.328 e. The van der Waals surface area contributed by atoms with E-state index < -0.39 is 21.7 Å². The largest absolute Gasteiger partial charge is 0.481 e. The van der Waals surface area contributed by atoms with E-state index in [1.807, 2.05) is 6.92 Å². The molecule has 0 aliphatic heterocycles. The SMILES string of the molecule is CCCC(CC(N)CC(C)N)OP(=O)(O)OP(=O)(O)O. The summed E-state index contributed by atoms with van der Waals surface area (Å²) in [4.78, 5) is 26.4. The Morgan fingerprint density at radius 2 is 1.70 bits per heavy atom. The fourth-order valence-electron chi connectivity index (χ4n) is 1.79. The standard InChI is InChI=1S/C9H24N2O7P2/c1-3-4-9(6-8(11)5-7(2)10)17-20(15,16)18-19(12,13)14/h7-9H,3-6,10-11H2,1-2H3,(H,15,16)(H2,12,13,14). The van der Waals surface area contributed by atoms with Crippen molar-refractivity contribution in [2.75, 3.05) is 0 Å². The number of hydrogen-bond acceptors (Lipinski definition) is 6. The van der Waals surface area contributed by atoms with E-state index in [1.54, 1.807) is 6.92 Å². The summed E-state index contributed by atoms with van der Waals surface area (Å²) in [6.07, 6.45) is 1.05. The Morgan fingerprint density at radius 3 is 2.10 bits per heavy atom. The minimum atomic E-state index is -5.11. The molecule has 0 heterocycles. The second-order valence-electron chi connectivity index (χ2n) is 4.77. The van der Waals surface area contributed by atoms with Crippen molar-refractivity contribution in [1.29, 1.82) is 0 Å². The molecule has 11 heteroatoms. The molecule has 4 unspecified atom stereocenters. The highest BCUT2D eigenvalue weighted by atomic mass is 31.3. The topological polar surface area (TPSA) is 165 Å². The third-order valence-electron chi connectivity index (χ3n) is 2.34. The molecule has 0 saturated carbocycles. The van der Waals surface area contributed by atoms with Crippen molar-refractivity contribution in [3.63, 3.8) is 0 Å². The van der Waals surface area contributed by atoms with Crippen molar-refractivity contribution >= 4 is 15.6 Å². The number of rotatable bonds is 10. The van der Waals surface area contributed by atoms with Crippen LogP contribution in [0.25, 0.3) is 0 Å². The quantitative estimate of drug-likeness (QED) is 0.364. The first-order valence-electron chi connectivity index (χ1n) is 6.24. The van der Waals surface area contributed by atoms with Crippen LogP contribution >= 0.6 is 15.6 Å². The minimum Gasteiger partial charge on any atom is -0.328 e. The molecule has 122 valence electrons. The van der Waals surface area contributed by atoms with Crippen LogP contribution in [-0.4, -0.2) is 32.9 Å². The van der Waals surface area contributed by atoms with Gasteiger partial charge in [0.2, 0.25) is 0 Å². The maximum absolute atomic E-state index is 11.5. The summed E-state index contributed by atoms with van der Waals surface area (Å²) in [5.41, 5.74) is 11.4. The predicted octanol–water partition coefficient (Wildman–Crippen LogP) is 0.836. The van der Waals surface area contributed by atoms with Gasteiger partial charge in [-0.2, -0.15) is 4.31 Å². The van der Waals surface area contributed by atoms with Crippen LogP contribution in [0.4, 0.5) is 0 Å². The van der Waals surface area contributed by atoms with Gasteiger partial charge in [0, 0.05) is 12.1 Å². The van der Waals surface area contributed by atoms with Gasteiger partial charge in [0.05, 0.1) is 6.10 Å². The van der Waals surface area contributed by atoms with E-state index in [-0.39, 0.29) is 18.5 Å². The molecule has 0 aromatic carbocycles. The molecule has 0 bridgehead atoms. The van der Waals surface area contributed by atoms with Gasteiger partial charge in [0.15, 0.2) is 0 Å². The Bertz CT molecular complexity index is 373. The summed E-state index contributed by atoms with van der Waals surface area (Å²) in [7, 11) is -9.95. The summed E-state index contributed by atoms with van der Waals surface area (Å²) >= 11 is 0. The van der Waals surface area contributed by atoms with Gasteiger partial charge >= 0.3 is 15.6 Å². The van der Waals surface area contributed by atoms with Gasteiger partial charge in [-0.3, -0.25) is 4.52 Å². The van der Waals surface area contributed by atoms with E-state index in [0.29, 0.717) is 19.3 Å². The van der Waals surface area contributed by atoms with E-state index in [9.17, 15) is 14.0 Å². The lowest BCUT2D eigenvalue weighted by Crippen LogP contribution is -2.33. The first-order valence-corrected chi connectivity index (χ1v) is 9.27. The summed E-state index contributed by atoms with van der Waals surface area (Å²) in [5.74, 6) is 0. The van der Waals surface area contributed by atoms with Gasteiger partial charge in [-0.15, -0.1) is 0 Å². The lowest BCUT2D eigenvalue weighted by molar-refractivity contribution is 0.109.